The van der Waals surface area contributed by atoms with Crippen LogP contribution in [0.15, 0.2) is 36.5 Å². The number of benzene rings is 1. The summed E-state index contributed by atoms with van der Waals surface area (Å²) >= 11 is 0. The van der Waals surface area contributed by atoms with E-state index in [2.05, 4.69) is 5.10 Å². The van der Waals surface area contributed by atoms with E-state index in [4.69, 9.17) is 5.26 Å². The molecule has 0 aliphatic carbocycles. The summed E-state index contributed by atoms with van der Waals surface area (Å²) in [6.07, 6.45) is 1.50. The molecule has 1 heterocycles. The van der Waals surface area contributed by atoms with Gasteiger partial charge in [-0.1, -0.05) is 0 Å². The van der Waals surface area contributed by atoms with Gasteiger partial charge in [0.2, 0.25) is 0 Å². The quantitative estimate of drug-likeness (QED) is 0.562. The molecule has 6 heteroatoms. The van der Waals surface area contributed by atoms with Gasteiger partial charge in [-0.05, 0) is 29.2 Å². The molecule has 2 rings (SSSR count). The van der Waals surface area contributed by atoms with Gasteiger partial charge in [-0.25, -0.2) is 0 Å². The summed E-state index contributed by atoms with van der Waals surface area (Å²) in [4.78, 5) is 9.88. The molecule has 0 spiro atoms. The van der Waals surface area contributed by atoms with Crippen molar-refractivity contribution in [3.63, 3.8) is 0 Å². The predicted molar refractivity (Wildman–Crippen MR) is 54.9 cm³/mol. The van der Waals surface area contributed by atoms with Crippen molar-refractivity contribution in [2.75, 3.05) is 0 Å². The minimum absolute atomic E-state index is 0.204. The van der Waals surface area contributed by atoms with Crippen molar-refractivity contribution >= 4 is 5.82 Å². The van der Waals surface area contributed by atoms with E-state index in [1.54, 1.807) is 24.3 Å². The third-order valence-electron chi connectivity index (χ3n) is 2.02. The van der Waals surface area contributed by atoms with Crippen LogP contribution >= 0.6 is 0 Å². The maximum atomic E-state index is 10.4. The molecule has 1 aromatic heterocycles. The molecule has 2 aromatic rings. The first-order valence-electron chi connectivity index (χ1n) is 4.41. The van der Waals surface area contributed by atoms with Gasteiger partial charge in [-0.3, -0.25) is 0 Å². The Hall–Kier alpha value is -2.68. The Morgan fingerprint density at radius 3 is 2.50 bits per heavy atom. The molecule has 0 fully saturated rings. The average molecular weight is 214 g/mol. The van der Waals surface area contributed by atoms with Gasteiger partial charge in [0.1, 0.15) is 0 Å². The Bertz CT molecular complexity index is 565. The largest absolute Gasteiger partial charge is 0.390 e. The molecule has 0 aliphatic rings. The smallest absolute Gasteiger partial charge is 0.358 e. The average Bonchev–Trinajstić information content (AvgIpc) is 2.78. The van der Waals surface area contributed by atoms with Crippen LogP contribution in [0, 0.1) is 21.4 Å². The lowest BCUT2D eigenvalue weighted by molar-refractivity contribution is -0.389. The van der Waals surface area contributed by atoms with Crippen LogP contribution in [-0.4, -0.2) is 14.7 Å². The first kappa shape index (κ1) is 9.86. The van der Waals surface area contributed by atoms with Gasteiger partial charge in [-0.2, -0.15) is 5.26 Å². The van der Waals surface area contributed by atoms with Crippen molar-refractivity contribution in [2.45, 2.75) is 0 Å². The van der Waals surface area contributed by atoms with Crippen molar-refractivity contribution in [1.29, 1.82) is 5.26 Å². The van der Waals surface area contributed by atoms with Crippen molar-refractivity contribution in [1.82, 2.24) is 9.78 Å². The number of aromatic nitrogens is 2. The Morgan fingerprint density at radius 2 is 2.00 bits per heavy atom. The summed E-state index contributed by atoms with van der Waals surface area (Å²) in [5.41, 5.74) is 1.21. The van der Waals surface area contributed by atoms with Crippen molar-refractivity contribution in [3.8, 4) is 11.8 Å². The zero-order valence-electron chi connectivity index (χ0n) is 8.07. The highest BCUT2D eigenvalue weighted by Gasteiger charge is 2.11. The first-order valence-corrected chi connectivity index (χ1v) is 4.41. The van der Waals surface area contributed by atoms with Crippen molar-refractivity contribution in [2.24, 2.45) is 0 Å². The topological polar surface area (TPSA) is 84.8 Å². The second-order valence-corrected chi connectivity index (χ2v) is 3.03. The number of nitro groups is 1. The van der Waals surface area contributed by atoms with Crippen LogP contribution < -0.4 is 0 Å². The van der Waals surface area contributed by atoms with E-state index in [1.165, 1.54) is 16.9 Å². The van der Waals surface area contributed by atoms with Crippen LogP contribution in [-0.2, 0) is 0 Å². The number of rotatable bonds is 2. The number of nitrogens with zero attached hydrogens (tertiary/aromatic N) is 4. The lowest BCUT2D eigenvalue weighted by Gasteiger charge is -1.95. The summed E-state index contributed by atoms with van der Waals surface area (Å²) in [6, 6.07) is 9.92. The zero-order valence-corrected chi connectivity index (χ0v) is 8.07. The van der Waals surface area contributed by atoms with E-state index in [9.17, 15) is 10.1 Å². The van der Waals surface area contributed by atoms with Gasteiger partial charge in [0.05, 0.1) is 34.7 Å². The van der Waals surface area contributed by atoms with E-state index in [0.717, 1.165) is 0 Å². The number of hydrogen-bond donors (Lipinski definition) is 0. The molecular formula is C10H6N4O2. The van der Waals surface area contributed by atoms with E-state index in [-0.39, 0.29) is 5.82 Å². The standard InChI is InChI=1S/C10H6N4O2/c11-7-8-1-3-9(4-2-8)13-6-5-10(12-13)14(15)16/h1-6H. The maximum Gasteiger partial charge on any atom is 0.390 e. The Kier molecular flexibility index (Phi) is 2.36. The molecule has 0 aliphatic heterocycles. The fourth-order valence-corrected chi connectivity index (χ4v) is 1.24. The van der Waals surface area contributed by atoms with E-state index < -0.39 is 4.92 Å². The Labute approximate surface area is 90.5 Å². The zero-order chi connectivity index (χ0) is 11.5. The highest BCUT2D eigenvalue weighted by molar-refractivity contribution is 5.39. The molecule has 0 unspecified atom stereocenters. The van der Waals surface area contributed by atoms with Crippen LogP contribution in [0.25, 0.3) is 5.69 Å². The third kappa shape index (κ3) is 1.74. The molecular weight excluding hydrogens is 208 g/mol. The molecule has 0 N–H and O–H groups in total. The van der Waals surface area contributed by atoms with Gasteiger partial charge < -0.3 is 10.1 Å². The second kappa shape index (κ2) is 3.82. The molecule has 78 valence electrons. The van der Waals surface area contributed by atoms with Gasteiger partial charge in [0.25, 0.3) is 0 Å². The predicted octanol–water partition coefficient (Wildman–Crippen LogP) is 1.65. The molecule has 0 amide bonds. The van der Waals surface area contributed by atoms with Gasteiger partial charge >= 0.3 is 5.82 Å². The number of nitriles is 1. The van der Waals surface area contributed by atoms with Crippen molar-refractivity contribution < 1.29 is 4.92 Å². The Morgan fingerprint density at radius 1 is 1.31 bits per heavy atom. The highest BCUT2D eigenvalue weighted by atomic mass is 16.6. The van der Waals surface area contributed by atoms with Crippen LogP contribution in [0.4, 0.5) is 5.82 Å². The van der Waals surface area contributed by atoms with Gasteiger partial charge in [-0.15, -0.1) is 4.68 Å². The van der Waals surface area contributed by atoms with Crippen LogP contribution in [0.1, 0.15) is 5.56 Å². The molecule has 0 saturated heterocycles. The van der Waals surface area contributed by atoms with E-state index in [1.807, 2.05) is 6.07 Å². The van der Waals surface area contributed by atoms with Crippen LogP contribution in [0.3, 0.4) is 0 Å². The molecule has 1 aromatic carbocycles. The monoisotopic (exact) mass is 214 g/mol. The Balaban J connectivity index is 2.36. The summed E-state index contributed by atoms with van der Waals surface area (Å²) in [6.45, 7) is 0. The molecule has 0 radical (unpaired) electrons. The molecule has 0 saturated carbocycles. The van der Waals surface area contributed by atoms with Crippen molar-refractivity contribution in [3.05, 3.63) is 52.2 Å². The van der Waals surface area contributed by atoms with Crippen LogP contribution in [0.2, 0.25) is 0 Å². The summed E-state index contributed by atoms with van der Waals surface area (Å²) in [5.74, 6) is -0.204. The summed E-state index contributed by atoms with van der Waals surface area (Å²) in [5, 5.41) is 22.8. The van der Waals surface area contributed by atoms with Gasteiger partial charge in [0, 0.05) is 0 Å². The second-order valence-electron chi connectivity index (χ2n) is 3.03. The van der Waals surface area contributed by atoms with E-state index in [0.29, 0.717) is 11.3 Å². The lowest BCUT2D eigenvalue weighted by atomic mass is 10.2. The first-order chi connectivity index (χ1) is 7.70. The summed E-state index contributed by atoms with van der Waals surface area (Å²) < 4.78 is 1.39. The molecule has 0 bridgehead atoms. The number of hydrogen-bond acceptors (Lipinski definition) is 4. The van der Waals surface area contributed by atoms with Crippen LogP contribution in [0.5, 0.6) is 0 Å². The maximum absolute atomic E-state index is 10.4. The van der Waals surface area contributed by atoms with Gasteiger partial charge in [0.15, 0.2) is 0 Å². The minimum Gasteiger partial charge on any atom is -0.358 e. The molecule has 0 atom stereocenters. The normalized spacial score (nSPS) is 9.69. The molecule has 16 heavy (non-hydrogen) atoms. The SMILES string of the molecule is N#Cc1ccc(-n2ccc([N+](=O)[O-])n2)cc1. The van der Waals surface area contributed by atoms with E-state index >= 15 is 0 Å². The fourth-order valence-electron chi connectivity index (χ4n) is 1.24. The fraction of sp³-hybridized carbons (Fsp3) is 0. The summed E-state index contributed by atoms with van der Waals surface area (Å²) in [7, 11) is 0. The third-order valence-corrected chi connectivity index (χ3v) is 2.02. The highest BCUT2D eigenvalue weighted by Crippen LogP contribution is 2.12. The molecule has 6 nitrogen and oxygen atoms in total. The lowest BCUT2D eigenvalue weighted by Crippen LogP contribution is -1.96. The minimum atomic E-state index is -0.555.